The predicted molar refractivity (Wildman–Crippen MR) is 129 cm³/mol. The predicted octanol–water partition coefficient (Wildman–Crippen LogP) is 3.20. The van der Waals surface area contributed by atoms with Gasteiger partial charge in [-0.05, 0) is 30.2 Å². The van der Waals surface area contributed by atoms with Crippen LogP contribution in [0.25, 0.3) is 6.08 Å². The largest absolute Gasteiger partial charge is 0.283 e. The second-order valence-corrected chi connectivity index (χ2v) is 8.52. The molecule has 11 heteroatoms. The zero-order valence-corrected chi connectivity index (χ0v) is 18.9. The highest BCUT2D eigenvalue weighted by Gasteiger charge is 2.33. The summed E-state index contributed by atoms with van der Waals surface area (Å²) in [6, 6.07) is 14.9. The van der Waals surface area contributed by atoms with Gasteiger partial charge in [0.2, 0.25) is 0 Å². The number of nitrogens with one attached hydrogen (secondary N) is 2. The van der Waals surface area contributed by atoms with Crippen molar-refractivity contribution < 1.29 is 19.3 Å². The van der Waals surface area contributed by atoms with Crippen molar-refractivity contribution in [3.05, 3.63) is 92.4 Å². The Morgan fingerprint density at radius 3 is 2.48 bits per heavy atom. The average Bonchev–Trinajstić information content (AvgIpc) is 3.05. The molecule has 2 N–H and O–H groups in total. The minimum atomic E-state index is -0.859. The molecule has 0 aromatic heterocycles. The summed E-state index contributed by atoms with van der Waals surface area (Å²) in [5.74, 6) is -2.00. The molecule has 2 aromatic carbocycles. The van der Waals surface area contributed by atoms with E-state index in [1.165, 1.54) is 24.3 Å². The van der Waals surface area contributed by atoms with Crippen LogP contribution in [-0.4, -0.2) is 38.4 Å². The summed E-state index contributed by atoms with van der Waals surface area (Å²) in [6.07, 6.45) is 3.61. The molecule has 1 saturated heterocycles. The number of rotatable bonds is 6. The molecule has 0 saturated carbocycles. The Bertz CT molecular complexity index is 1190. The topological polar surface area (TPSA) is 122 Å². The maximum Gasteiger partial charge on any atom is 0.282 e. The summed E-state index contributed by atoms with van der Waals surface area (Å²) in [6.45, 7) is 1.44. The average molecular weight is 483 g/mol. The van der Waals surface area contributed by atoms with Gasteiger partial charge in [-0.25, -0.2) is 0 Å². The standard InChI is InChI=1S/C22H18N4O5S2/c1-14(11-15-7-3-2-4-8-15)12-18-21(29)25(22(32)33-18)13-19(27)23-24-20(28)16-9-5-6-10-17(16)26(30)31/h2-12H,13H2,1H3,(H,23,27)(H,24,28). The molecule has 0 spiro atoms. The van der Waals surface area contributed by atoms with Gasteiger partial charge in [0.25, 0.3) is 23.4 Å². The van der Waals surface area contributed by atoms with Gasteiger partial charge in [-0.3, -0.25) is 40.2 Å². The Hall–Kier alpha value is -3.83. The molecule has 3 amide bonds. The number of benzene rings is 2. The maximum absolute atomic E-state index is 12.7. The molecule has 2 aromatic rings. The monoisotopic (exact) mass is 482 g/mol. The molecule has 9 nitrogen and oxygen atoms in total. The van der Waals surface area contributed by atoms with Crippen LogP contribution in [0.3, 0.4) is 0 Å². The zero-order valence-electron chi connectivity index (χ0n) is 17.3. The van der Waals surface area contributed by atoms with Crippen molar-refractivity contribution in [2.24, 2.45) is 0 Å². The van der Waals surface area contributed by atoms with E-state index in [1.807, 2.05) is 43.3 Å². The highest BCUT2D eigenvalue weighted by Crippen LogP contribution is 2.31. The highest BCUT2D eigenvalue weighted by atomic mass is 32.2. The van der Waals surface area contributed by atoms with E-state index in [-0.39, 0.29) is 9.88 Å². The van der Waals surface area contributed by atoms with Gasteiger partial charge in [0.1, 0.15) is 16.4 Å². The lowest BCUT2D eigenvalue weighted by Crippen LogP contribution is -2.47. The molecule has 1 heterocycles. The fourth-order valence-corrected chi connectivity index (χ4v) is 4.20. The number of thiocarbonyl (C=S) groups is 1. The molecule has 0 unspecified atom stereocenters. The number of thioether (sulfide) groups is 1. The number of nitro groups is 1. The summed E-state index contributed by atoms with van der Waals surface area (Å²) in [5, 5.41) is 11.0. The van der Waals surface area contributed by atoms with Crippen molar-refractivity contribution in [2.75, 3.05) is 6.54 Å². The third-order valence-corrected chi connectivity index (χ3v) is 5.77. The van der Waals surface area contributed by atoms with Gasteiger partial charge in [0.15, 0.2) is 0 Å². The number of carbonyl (C=O) groups excluding carboxylic acids is 3. The van der Waals surface area contributed by atoms with Crippen LogP contribution >= 0.6 is 24.0 Å². The first-order chi connectivity index (χ1) is 15.8. The van der Waals surface area contributed by atoms with Gasteiger partial charge in [-0.1, -0.05) is 72.5 Å². The van der Waals surface area contributed by atoms with Gasteiger partial charge in [0.05, 0.1) is 9.83 Å². The molecule has 0 aliphatic carbocycles. The van der Waals surface area contributed by atoms with Crippen LogP contribution in [0, 0.1) is 10.1 Å². The number of para-hydroxylation sites is 1. The number of allylic oxidation sites excluding steroid dienone is 2. The molecule has 3 rings (SSSR count). The third kappa shape index (κ3) is 6.11. The Balaban J connectivity index is 1.61. The first kappa shape index (κ1) is 23.8. The van der Waals surface area contributed by atoms with Crippen LogP contribution in [0.15, 0.2) is 71.2 Å². The molecule has 33 heavy (non-hydrogen) atoms. The molecule has 1 fully saturated rings. The van der Waals surface area contributed by atoms with E-state index in [9.17, 15) is 24.5 Å². The SMILES string of the molecule is CC(=Cc1ccccc1)C=C1SC(=S)N(CC(=O)NNC(=O)c2ccccc2[N+](=O)[O-])C1=O. The molecule has 0 atom stereocenters. The minimum absolute atomic E-state index is 0.207. The first-order valence-electron chi connectivity index (χ1n) is 9.57. The highest BCUT2D eigenvalue weighted by molar-refractivity contribution is 8.26. The normalized spacial score (nSPS) is 15.0. The molecule has 0 bridgehead atoms. The number of hydrogen-bond donors (Lipinski definition) is 2. The number of carbonyl (C=O) groups is 3. The Morgan fingerprint density at radius 2 is 1.79 bits per heavy atom. The molecular formula is C22H18N4O5S2. The van der Waals surface area contributed by atoms with Gasteiger partial charge in [-0.2, -0.15) is 0 Å². The number of hydrazine groups is 1. The van der Waals surface area contributed by atoms with Crippen molar-refractivity contribution >= 4 is 57.8 Å². The summed E-state index contributed by atoms with van der Waals surface area (Å²) in [4.78, 5) is 49.0. The van der Waals surface area contributed by atoms with Crippen molar-refractivity contribution in [3.8, 4) is 0 Å². The van der Waals surface area contributed by atoms with E-state index in [2.05, 4.69) is 10.9 Å². The number of amides is 3. The Labute approximate surface area is 198 Å². The summed E-state index contributed by atoms with van der Waals surface area (Å²) in [7, 11) is 0. The van der Waals surface area contributed by atoms with Gasteiger partial charge < -0.3 is 0 Å². The lowest BCUT2D eigenvalue weighted by Gasteiger charge is -2.14. The van der Waals surface area contributed by atoms with Crippen molar-refractivity contribution in [2.45, 2.75) is 6.92 Å². The van der Waals surface area contributed by atoms with Crippen LogP contribution in [0.1, 0.15) is 22.8 Å². The van der Waals surface area contributed by atoms with E-state index in [4.69, 9.17) is 12.2 Å². The van der Waals surface area contributed by atoms with Crippen molar-refractivity contribution in [1.29, 1.82) is 0 Å². The summed E-state index contributed by atoms with van der Waals surface area (Å²) < 4.78 is 0.207. The van der Waals surface area contributed by atoms with Crippen LogP contribution in [0.2, 0.25) is 0 Å². The Morgan fingerprint density at radius 1 is 1.12 bits per heavy atom. The first-order valence-corrected chi connectivity index (χ1v) is 10.8. The molecule has 1 aliphatic heterocycles. The fraction of sp³-hybridized carbons (Fsp3) is 0.0909. The lowest BCUT2D eigenvalue weighted by atomic mass is 10.1. The quantitative estimate of drug-likeness (QED) is 0.281. The smallest absolute Gasteiger partial charge is 0.282 e. The maximum atomic E-state index is 12.7. The number of hydrogen-bond acceptors (Lipinski definition) is 7. The van der Waals surface area contributed by atoms with Crippen molar-refractivity contribution in [1.82, 2.24) is 15.8 Å². The van der Waals surface area contributed by atoms with Crippen LogP contribution < -0.4 is 10.9 Å². The third-order valence-electron chi connectivity index (χ3n) is 4.39. The molecular weight excluding hydrogens is 464 g/mol. The van der Waals surface area contributed by atoms with Crippen molar-refractivity contribution in [3.63, 3.8) is 0 Å². The fourth-order valence-electron chi connectivity index (χ4n) is 2.90. The van der Waals surface area contributed by atoms with E-state index >= 15 is 0 Å². The van der Waals surface area contributed by atoms with E-state index in [0.717, 1.165) is 27.8 Å². The molecule has 168 valence electrons. The van der Waals surface area contributed by atoms with Crippen LogP contribution in [-0.2, 0) is 9.59 Å². The second kappa shape index (κ2) is 10.7. The van der Waals surface area contributed by atoms with Gasteiger partial charge in [0, 0.05) is 6.07 Å². The lowest BCUT2D eigenvalue weighted by molar-refractivity contribution is -0.385. The van der Waals surface area contributed by atoms with Crippen LogP contribution in [0.5, 0.6) is 0 Å². The summed E-state index contributed by atoms with van der Waals surface area (Å²) in [5.41, 5.74) is 5.47. The van der Waals surface area contributed by atoms with Gasteiger partial charge >= 0.3 is 0 Å². The number of nitro benzene ring substituents is 1. The molecule has 1 aliphatic rings. The van der Waals surface area contributed by atoms with E-state index in [0.29, 0.717) is 4.91 Å². The second-order valence-electron chi connectivity index (χ2n) is 6.84. The minimum Gasteiger partial charge on any atom is -0.283 e. The van der Waals surface area contributed by atoms with E-state index in [1.54, 1.807) is 6.08 Å². The zero-order chi connectivity index (χ0) is 24.0. The number of nitrogens with zero attached hydrogens (tertiary/aromatic N) is 2. The molecule has 0 radical (unpaired) electrons. The summed E-state index contributed by atoms with van der Waals surface area (Å²) >= 11 is 6.29. The van der Waals surface area contributed by atoms with Gasteiger partial charge in [-0.15, -0.1) is 0 Å². The van der Waals surface area contributed by atoms with E-state index < -0.39 is 34.9 Å². The Kier molecular flexibility index (Phi) is 7.70. The van der Waals surface area contributed by atoms with Crippen LogP contribution in [0.4, 0.5) is 5.69 Å².